The van der Waals surface area contributed by atoms with Crippen molar-refractivity contribution in [2.24, 2.45) is 0 Å². The molecule has 1 aromatic heterocycles. The quantitative estimate of drug-likeness (QED) is 0.376. The maximum absolute atomic E-state index is 13.6. The Labute approximate surface area is 201 Å². The third-order valence-electron chi connectivity index (χ3n) is 5.55. The Morgan fingerprint density at radius 2 is 1.76 bits per heavy atom. The minimum atomic E-state index is -0.531. The Kier molecular flexibility index (Phi) is 6.40. The number of hydrogen-bond donors (Lipinski definition) is 1. The summed E-state index contributed by atoms with van der Waals surface area (Å²) in [4.78, 5) is 32.8. The highest BCUT2D eigenvalue weighted by molar-refractivity contribution is 6.31. The molecular weight excluding hydrogens is 459 g/mol. The molecule has 0 spiro atoms. The molecule has 4 aromatic rings. The van der Waals surface area contributed by atoms with E-state index >= 15 is 0 Å². The van der Waals surface area contributed by atoms with Gasteiger partial charge in [-0.1, -0.05) is 41.4 Å². The molecule has 1 unspecified atom stereocenters. The van der Waals surface area contributed by atoms with Crippen LogP contribution in [-0.4, -0.2) is 27.5 Å². The fraction of sp³-hybridized carbons (Fsp3) is 0.160. The molecule has 33 heavy (non-hydrogen) atoms. The maximum Gasteiger partial charge on any atom is 0.322 e. The lowest BCUT2D eigenvalue weighted by Crippen LogP contribution is -2.37. The zero-order valence-electron chi connectivity index (χ0n) is 18.3. The lowest BCUT2D eigenvalue weighted by Gasteiger charge is -2.27. The SMILES string of the molecule is Cc1cc(Cl)ccc1-n1c(C(C)N(C)C(=O)Nc2cccc(Cl)c2)nc2ccccc2c1=O. The predicted octanol–water partition coefficient (Wildman–Crippen LogP) is 6.23. The maximum atomic E-state index is 13.6. The number of rotatable bonds is 4. The van der Waals surface area contributed by atoms with Crippen molar-refractivity contribution < 1.29 is 4.79 Å². The summed E-state index contributed by atoms with van der Waals surface area (Å²) < 4.78 is 1.56. The van der Waals surface area contributed by atoms with E-state index < -0.39 is 6.04 Å². The zero-order chi connectivity index (χ0) is 23.7. The number of aryl methyl sites for hydroxylation is 1. The third kappa shape index (κ3) is 4.58. The highest BCUT2D eigenvalue weighted by atomic mass is 35.5. The van der Waals surface area contributed by atoms with Gasteiger partial charge in [-0.25, -0.2) is 9.78 Å². The molecule has 0 saturated heterocycles. The molecular formula is C25H22Cl2N4O2. The van der Waals surface area contributed by atoms with E-state index in [4.69, 9.17) is 28.2 Å². The predicted molar refractivity (Wildman–Crippen MR) is 134 cm³/mol. The average Bonchev–Trinajstić information content (AvgIpc) is 2.79. The topological polar surface area (TPSA) is 67.2 Å². The van der Waals surface area contributed by atoms with Crippen LogP contribution in [0.25, 0.3) is 16.6 Å². The molecule has 0 bridgehead atoms. The van der Waals surface area contributed by atoms with Crippen LogP contribution < -0.4 is 10.9 Å². The molecule has 1 atom stereocenters. The van der Waals surface area contributed by atoms with Gasteiger partial charge >= 0.3 is 6.03 Å². The van der Waals surface area contributed by atoms with Crippen LogP contribution in [0.15, 0.2) is 71.5 Å². The first kappa shape index (κ1) is 22.8. The van der Waals surface area contributed by atoms with E-state index in [0.29, 0.717) is 38.1 Å². The van der Waals surface area contributed by atoms with E-state index in [9.17, 15) is 9.59 Å². The number of aromatic nitrogens is 2. The second kappa shape index (κ2) is 9.25. The Morgan fingerprint density at radius 1 is 1.03 bits per heavy atom. The number of halogens is 2. The van der Waals surface area contributed by atoms with Crippen molar-refractivity contribution in [2.45, 2.75) is 19.9 Å². The van der Waals surface area contributed by atoms with E-state index in [1.807, 2.05) is 19.9 Å². The van der Waals surface area contributed by atoms with Crippen LogP contribution in [0.5, 0.6) is 0 Å². The number of nitrogens with zero attached hydrogens (tertiary/aromatic N) is 3. The smallest absolute Gasteiger partial charge is 0.318 e. The van der Waals surface area contributed by atoms with Gasteiger partial charge in [-0.05, 0) is 67.9 Å². The van der Waals surface area contributed by atoms with Crippen molar-refractivity contribution in [1.29, 1.82) is 0 Å². The van der Waals surface area contributed by atoms with Crippen LogP contribution in [-0.2, 0) is 0 Å². The normalized spacial score (nSPS) is 11.9. The molecule has 0 aliphatic rings. The van der Waals surface area contributed by atoms with Gasteiger partial charge in [0.25, 0.3) is 5.56 Å². The minimum Gasteiger partial charge on any atom is -0.318 e. The minimum absolute atomic E-state index is 0.212. The number of amides is 2. The first-order valence-electron chi connectivity index (χ1n) is 10.3. The summed E-state index contributed by atoms with van der Waals surface area (Å²) in [6.07, 6.45) is 0. The van der Waals surface area contributed by atoms with Gasteiger partial charge in [-0.15, -0.1) is 0 Å². The van der Waals surface area contributed by atoms with Gasteiger partial charge in [-0.3, -0.25) is 9.36 Å². The second-order valence-corrected chi connectivity index (χ2v) is 8.66. The Hall–Kier alpha value is -3.35. The molecule has 168 valence electrons. The van der Waals surface area contributed by atoms with E-state index in [2.05, 4.69) is 5.32 Å². The number of carbonyl (C=O) groups excluding carboxylic acids is 1. The molecule has 8 heteroatoms. The van der Waals surface area contributed by atoms with Gasteiger partial charge in [0.2, 0.25) is 0 Å². The van der Waals surface area contributed by atoms with Crippen molar-refractivity contribution in [3.05, 3.63) is 98.5 Å². The van der Waals surface area contributed by atoms with E-state index in [1.165, 1.54) is 4.90 Å². The summed E-state index contributed by atoms with van der Waals surface area (Å²) in [5.41, 5.74) is 2.41. The average molecular weight is 481 g/mol. The van der Waals surface area contributed by atoms with E-state index in [-0.39, 0.29) is 11.6 Å². The Balaban J connectivity index is 1.81. The van der Waals surface area contributed by atoms with Crippen molar-refractivity contribution in [3.63, 3.8) is 0 Å². The van der Waals surface area contributed by atoms with Gasteiger partial charge in [0, 0.05) is 22.8 Å². The molecule has 1 N–H and O–H groups in total. The first-order valence-corrected chi connectivity index (χ1v) is 11.1. The van der Waals surface area contributed by atoms with Crippen LogP contribution >= 0.6 is 23.2 Å². The lowest BCUT2D eigenvalue weighted by molar-refractivity contribution is 0.205. The molecule has 6 nitrogen and oxygen atoms in total. The van der Waals surface area contributed by atoms with Crippen molar-refractivity contribution >= 4 is 45.8 Å². The number of anilines is 1. The van der Waals surface area contributed by atoms with Crippen LogP contribution in [0.2, 0.25) is 10.0 Å². The Bertz CT molecular complexity index is 1420. The number of nitrogens with one attached hydrogen (secondary N) is 1. The molecule has 0 radical (unpaired) electrons. The third-order valence-corrected chi connectivity index (χ3v) is 6.02. The number of hydrogen-bond acceptors (Lipinski definition) is 3. The number of urea groups is 1. The van der Waals surface area contributed by atoms with Crippen molar-refractivity contribution in [2.75, 3.05) is 12.4 Å². The molecule has 4 rings (SSSR count). The molecule has 0 saturated carbocycles. The molecule has 2 amide bonds. The summed E-state index contributed by atoms with van der Waals surface area (Å²) in [5, 5.41) is 4.42. The Morgan fingerprint density at radius 3 is 2.48 bits per heavy atom. The van der Waals surface area contributed by atoms with Crippen molar-refractivity contribution in [1.82, 2.24) is 14.5 Å². The zero-order valence-corrected chi connectivity index (χ0v) is 19.9. The van der Waals surface area contributed by atoms with Crippen LogP contribution in [0.3, 0.4) is 0 Å². The molecule has 1 heterocycles. The molecule has 0 aliphatic heterocycles. The van der Waals surface area contributed by atoms with Crippen LogP contribution in [0, 0.1) is 6.92 Å². The highest BCUT2D eigenvalue weighted by Gasteiger charge is 2.25. The molecule has 0 aliphatic carbocycles. The summed E-state index contributed by atoms with van der Waals surface area (Å²) in [7, 11) is 1.66. The second-order valence-electron chi connectivity index (χ2n) is 7.79. The summed E-state index contributed by atoms with van der Waals surface area (Å²) in [6.45, 7) is 3.71. The van der Waals surface area contributed by atoms with Gasteiger partial charge in [0.1, 0.15) is 5.82 Å². The van der Waals surface area contributed by atoms with Crippen LogP contribution in [0.4, 0.5) is 10.5 Å². The van der Waals surface area contributed by atoms with Gasteiger partial charge < -0.3 is 10.2 Å². The van der Waals surface area contributed by atoms with Gasteiger partial charge in [0.05, 0.1) is 22.6 Å². The summed E-state index contributed by atoms with van der Waals surface area (Å²) >= 11 is 12.2. The highest BCUT2D eigenvalue weighted by Crippen LogP contribution is 2.25. The van der Waals surface area contributed by atoms with E-state index in [0.717, 1.165) is 5.56 Å². The van der Waals surface area contributed by atoms with Gasteiger partial charge in [-0.2, -0.15) is 0 Å². The summed E-state index contributed by atoms with van der Waals surface area (Å²) in [5.74, 6) is 0.438. The number of carbonyl (C=O) groups is 1. The molecule has 0 fully saturated rings. The number of fused-ring (bicyclic) bond motifs is 1. The first-order chi connectivity index (χ1) is 15.8. The fourth-order valence-electron chi connectivity index (χ4n) is 3.66. The largest absolute Gasteiger partial charge is 0.322 e. The number of para-hydroxylation sites is 1. The standard InChI is InChI=1S/C25H22Cl2N4O2/c1-15-13-18(27)11-12-22(15)31-23(29-21-10-5-4-9-20(21)24(31)32)16(2)30(3)25(33)28-19-8-6-7-17(26)14-19/h4-14,16H,1-3H3,(H,28,33). The monoisotopic (exact) mass is 480 g/mol. The lowest BCUT2D eigenvalue weighted by atomic mass is 10.1. The number of benzene rings is 3. The summed E-state index contributed by atoms with van der Waals surface area (Å²) in [6, 6.07) is 18.5. The fourth-order valence-corrected chi connectivity index (χ4v) is 4.08. The van der Waals surface area contributed by atoms with Gasteiger partial charge in [0.15, 0.2) is 0 Å². The molecule has 3 aromatic carbocycles. The van der Waals surface area contributed by atoms with E-state index in [1.54, 1.807) is 72.3 Å². The van der Waals surface area contributed by atoms with Crippen LogP contribution in [0.1, 0.15) is 24.4 Å². The van der Waals surface area contributed by atoms with Crippen molar-refractivity contribution in [3.8, 4) is 5.69 Å².